The van der Waals surface area contributed by atoms with Crippen LogP contribution in [0.2, 0.25) is 0 Å². The van der Waals surface area contributed by atoms with Crippen molar-refractivity contribution in [3.63, 3.8) is 0 Å². The van der Waals surface area contributed by atoms with Gasteiger partial charge in [-0.25, -0.2) is 0 Å². The minimum absolute atomic E-state index is 0.00231. The highest BCUT2D eigenvalue weighted by atomic mass is 16.5. The summed E-state index contributed by atoms with van der Waals surface area (Å²) in [6.45, 7) is 2.19. The number of H-pyrrole nitrogens is 1. The minimum atomic E-state index is -0.283. The number of carbonyl (C=O) groups is 2. The van der Waals surface area contributed by atoms with Gasteiger partial charge in [-0.1, -0.05) is 6.07 Å². The van der Waals surface area contributed by atoms with Crippen LogP contribution in [0.25, 0.3) is 5.82 Å². The molecular weight excluding hydrogens is 390 g/mol. The van der Waals surface area contributed by atoms with E-state index in [9.17, 15) is 9.59 Å². The van der Waals surface area contributed by atoms with Crippen LogP contribution in [0.1, 0.15) is 20.8 Å². The van der Waals surface area contributed by atoms with Gasteiger partial charge in [0.2, 0.25) is 0 Å². The van der Waals surface area contributed by atoms with E-state index in [4.69, 9.17) is 4.74 Å². The fourth-order valence-corrected chi connectivity index (χ4v) is 3.94. The van der Waals surface area contributed by atoms with Gasteiger partial charge in [0.25, 0.3) is 11.8 Å². The average Bonchev–Trinajstić information content (AvgIpc) is 3.38. The third-order valence-electron chi connectivity index (χ3n) is 5.33. The molecule has 2 amide bonds. The number of carbonyl (C=O) groups excluding carboxylic acids is 2. The first-order valence-corrected chi connectivity index (χ1v) is 9.56. The van der Waals surface area contributed by atoms with Crippen molar-refractivity contribution in [3.8, 4) is 5.82 Å². The fraction of sp³-hybridized carbons (Fsp3) is 0.389. The molecule has 0 spiro atoms. The van der Waals surface area contributed by atoms with Crippen LogP contribution in [0.4, 0.5) is 0 Å². The quantitative estimate of drug-likeness (QED) is 0.605. The van der Waals surface area contributed by atoms with Crippen molar-refractivity contribution in [2.75, 3.05) is 32.8 Å². The molecule has 12 heteroatoms. The van der Waals surface area contributed by atoms with Crippen molar-refractivity contribution in [2.45, 2.75) is 6.04 Å². The number of hydrogen-bond acceptors (Lipinski definition) is 8. The third kappa shape index (κ3) is 3.30. The predicted octanol–water partition coefficient (Wildman–Crippen LogP) is -0.606. The Kier molecular flexibility index (Phi) is 4.67. The largest absolute Gasteiger partial charge is 0.379 e. The molecule has 0 radical (unpaired) electrons. The maximum Gasteiger partial charge on any atom is 0.272 e. The lowest BCUT2D eigenvalue weighted by atomic mass is 10.1. The van der Waals surface area contributed by atoms with E-state index in [1.54, 1.807) is 34.2 Å². The van der Waals surface area contributed by atoms with Crippen LogP contribution in [0.3, 0.4) is 0 Å². The van der Waals surface area contributed by atoms with Crippen molar-refractivity contribution in [1.82, 2.24) is 45.2 Å². The van der Waals surface area contributed by atoms with Crippen molar-refractivity contribution in [3.05, 3.63) is 48.2 Å². The molecule has 0 saturated carbocycles. The van der Waals surface area contributed by atoms with Gasteiger partial charge in [-0.05, 0) is 22.6 Å². The fourth-order valence-electron chi connectivity index (χ4n) is 3.94. The normalized spacial score (nSPS) is 21.3. The standard InChI is InChI=1S/C18H19N9O3/c28-17(14-5-20-22-16(14)27-11-21-23-24-27)26-7-12-6-25(8-13(26)10-30-9-12)18(29)15-3-1-2-4-19-15/h1-5,11-13H,6-10H2,(H,20,22)/t12-,13-/m0/s1. The molecule has 1 N–H and O–H groups in total. The highest BCUT2D eigenvalue weighted by molar-refractivity contribution is 5.97. The zero-order valence-corrected chi connectivity index (χ0v) is 16.0. The Balaban J connectivity index is 1.42. The monoisotopic (exact) mass is 409 g/mol. The van der Waals surface area contributed by atoms with Crippen molar-refractivity contribution < 1.29 is 14.3 Å². The summed E-state index contributed by atoms with van der Waals surface area (Å²) in [6, 6.07) is 4.98. The summed E-state index contributed by atoms with van der Waals surface area (Å²) in [5, 5.41) is 17.8. The van der Waals surface area contributed by atoms with Gasteiger partial charge in [-0.3, -0.25) is 19.7 Å². The lowest BCUT2D eigenvalue weighted by Gasteiger charge is -2.31. The molecule has 0 unspecified atom stereocenters. The van der Waals surface area contributed by atoms with Crippen molar-refractivity contribution in [2.24, 2.45) is 5.92 Å². The second-order valence-corrected chi connectivity index (χ2v) is 7.33. The number of fused-ring (bicyclic) bond motifs is 3. The van der Waals surface area contributed by atoms with Crippen molar-refractivity contribution >= 4 is 11.8 Å². The molecule has 2 aliphatic heterocycles. The van der Waals surface area contributed by atoms with E-state index in [1.807, 2.05) is 0 Å². The molecule has 3 aromatic heterocycles. The van der Waals surface area contributed by atoms with E-state index >= 15 is 0 Å². The highest BCUT2D eigenvalue weighted by Gasteiger charge is 2.39. The molecular formula is C18H19N9O3. The number of hydrogen-bond donors (Lipinski definition) is 1. The molecule has 2 bridgehead atoms. The van der Waals surface area contributed by atoms with E-state index in [-0.39, 0.29) is 23.8 Å². The number of ether oxygens (including phenoxy) is 1. The first-order valence-electron chi connectivity index (χ1n) is 9.56. The summed E-state index contributed by atoms with van der Waals surface area (Å²) in [5.74, 6) is 0.0463. The van der Waals surface area contributed by atoms with E-state index in [0.717, 1.165) is 0 Å². The summed E-state index contributed by atoms with van der Waals surface area (Å²) in [7, 11) is 0. The smallest absolute Gasteiger partial charge is 0.272 e. The van der Waals surface area contributed by atoms with E-state index in [2.05, 4.69) is 30.7 Å². The summed E-state index contributed by atoms with van der Waals surface area (Å²) in [4.78, 5) is 34.1. The maximum atomic E-state index is 13.4. The number of amides is 2. The number of tetrazole rings is 1. The lowest BCUT2D eigenvalue weighted by molar-refractivity contribution is 0.0378. The number of aromatic amines is 1. The second kappa shape index (κ2) is 7.63. The van der Waals surface area contributed by atoms with Gasteiger partial charge in [0.15, 0.2) is 5.82 Å². The van der Waals surface area contributed by atoms with Crippen LogP contribution in [-0.2, 0) is 4.74 Å². The Morgan fingerprint density at radius 1 is 1.13 bits per heavy atom. The summed E-state index contributed by atoms with van der Waals surface area (Å²) in [6.07, 6.45) is 4.46. The molecule has 2 saturated heterocycles. The van der Waals surface area contributed by atoms with Gasteiger partial charge in [-0.15, -0.1) is 5.10 Å². The molecule has 0 aliphatic carbocycles. The Hall–Kier alpha value is -3.67. The topological polar surface area (TPSA) is 135 Å². The summed E-state index contributed by atoms with van der Waals surface area (Å²) < 4.78 is 7.15. The first kappa shape index (κ1) is 18.4. The van der Waals surface area contributed by atoms with Gasteiger partial charge in [0, 0.05) is 31.7 Å². The molecule has 5 rings (SSSR count). The number of rotatable bonds is 3. The van der Waals surface area contributed by atoms with E-state index in [1.165, 1.54) is 17.2 Å². The Labute approximate surface area is 170 Å². The summed E-state index contributed by atoms with van der Waals surface area (Å²) >= 11 is 0. The molecule has 2 aliphatic rings. The number of pyridine rings is 1. The highest BCUT2D eigenvalue weighted by Crippen LogP contribution is 2.24. The average molecular weight is 409 g/mol. The van der Waals surface area contributed by atoms with Gasteiger partial charge in [-0.2, -0.15) is 9.78 Å². The lowest BCUT2D eigenvalue weighted by Crippen LogP contribution is -2.48. The number of nitrogens with zero attached hydrogens (tertiary/aromatic N) is 8. The number of aromatic nitrogens is 7. The van der Waals surface area contributed by atoms with Crippen LogP contribution >= 0.6 is 0 Å². The van der Waals surface area contributed by atoms with Crippen LogP contribution in [0.5, 0.6) is 0 Å². The van der Waals surface area contributed by atoms with Crippen LogP contribution < -0.4 is 0 Å². The zero-order chi connectivity index (χ0) is 20.5. The first-order chi connectivity index (χ1) is 14.7. The van der Waals surface area contributed by atoms with Crippen molar-refractivity contribution in [1.29, 1.82) is 0 Å². The van der Waals surface area contributed by atoms with Gasteiger partial charge >= 0.3 is 0 Å². The van der Waals surface area contributed by atoms with Crippen LogP contribution in [0.15, 0.2) is 36.9 Å². The molecule has 2 fully saturated rings. The molecule has 2 atom stereocenters. The zero-order valence-electron chi connectivity index (χ0n) is 16.0. The number of nitrogens with one attached hydrogen (secondary N) is 1. The van der Waals surface area contributed by atoms with Gasteiger partial charge in [0.1, 0.15) is 17.6 Å². The second-order valence-electron chi connectivity index (χ2n) is 7.33. The van der Waals surface area contributed by atoms with Gasteiger partial charge in [0.05, 0.1) is 25.5 Å². The molecule has 5 heterocycles. The molecule has 154 valence electrons. The molecule has 0 aromatic carbocycles. The Morgan fingerprint density at radius 2 is 2.07 bits per heavy atom. The molecule has 12 nitrogen and oxygen atoms in total. The summed E-state index contributed by atoms with van der Waals surface area (Å²) in [5.41, 5.74) is 0.754. The van der Waals surface area contributed by atoms with Gasteiger partial charge < -0.3 is 14.5 Å². The van der Waals surface area contributed by atoms with Crippen LogP contribution in [-0.4, -0.2) is 95.9 Å². The van der Waals surface area contributed by atoms with E-state index in [0.29, 0.717) is 49.9 Å². The Morgan fingerprint density at radius 3 is 2.87 bits per heavy atom. The predicted molar refractivity (Wildman–Crippen MR) is 101 cm³/mol. The van der Waals surface area contributed by atoms with Crippen LogP contribution in [0, 0.1) is 5.92 Å². The SMILES string of the molecule is O=C(c1ccccn1)N1C[C@@H]2COC[C@H](C1)N(C(=O)c1cn[nH]c1-n1cnnn1)C2. The third-order valence-corrected chi connectivity index (χ3v) is 5.33. The minimum Gasteiger partial charge on any atom is -0.379 e. The molecule has 30 heavy (non-hydrogen) atoms. The maximum absolute atomic E-state index is 13.4. The molecule has 3 aromatic rings. The Bertz CT molecular complexity index is 1040. The van der Waals surface area contributed by atoms with E-state index < -0.39 is 0 Å².